The fourth-order valence-electron chi connectivity index (χ4n) is 4.31. The Morgan fingerprint density at radius 1 is 1.21 bits per heavy atom. The molecule has 0 aromatic heterocycles. The van der Waals surface area contributed by atoms with Gasteiger partial charge in [0.25, 0.3) is 5.69 Å². The van der Waals surface area contributed by atoms with Crippen molar-refractivity contribution in [3.63, 3.8) is 0 Å². The largest absolute Gasteiger partial charge is 0.465 e. The van der Waals surface area contributed by atoms with E-state index in [4.69, 9.17) is 4.74 Å². The Morgan fingerprint density at radius 2 is 2.00 bits per heavy atom. The Labute approximate surface area is 163 Å². The summed E-state index contributed by atoms with van der Waals surface area (Å²) >= 11 is 0. The number of carbonyl (C=O) groups is 1. The number of hydrogen-bond donors (Lipinski definition) is 0. The Morgan fingerprint density at radius 3 is 2.68 bits per heavy atom. The molecule has 28 heavy (non-hydrogen) atoms. The van der Waals surface area contributed by atoms with E-state index in [0.717, 1.165) is 36.9 Å². The zero-order chi connectivity index (χ0) is 19.7. The molecule has 0 saturated carbocycles. The van der Waals surface area contributed by atoms with Crippen LogP contribution in [0.15, 0.2) is 54.6 Å². The maximum absolute atomic E-state index is 11.9. The molecule has 6 heteroatoms. The Bertz CT molecular complexity index is 939. The van der Waals surface area contributed by atoms with Crippen LogP contribution in [-0.2, 0) is 11.3 Å². The van der Waals surface area contributed by atoms with Crippen LogP contribution < -0.4 is 0 Å². The molecule has 2 aromatic carbocycles. The Balaban J connectivity index is 1.64. The molecule has 2 aromatic rings. The zero-order valence-electron chi connectivity index (χ0n) is 15.7. The molecule has 1 fully saturated rings. The van der Waals surface area contributed by atoms with Gasteiger partial charge >= 0.3 is 5.97 Å². The molecule has 6 nitrogen and oxygen atoms in total. The van der Waals surface area contributed by atoms with Crippen LogP contribution in [0.5, 0.6) is 0 Å². The smallest absolute Gasteiger partial charge is 0.338 e. The molecule has 1 saturated heterocycles. The molecule has 2 aliphatic heterocycles. The lowest BCUT2D eigenvalue weighted by molar-refractivity contribution is -0.384. The maximum atomic E-state index is 11.9. The molecule has 2 bridgehead atoms. The van der Waals surface area contributed by atoms with Gasteiger partial charge in [0.2, 0.25) is 0 Å². The van der Waals surface area contributed by atoms with E-state index < -0.39 is 10.9 Å². The minimum absolute atomic E-state index is 0.0853. The molecule has 2 unspecified atom stereocenters. The van der Waals surface area contributed by atoms with Crippen LogP contribution in [0.2, 0.25) is 0 Å². The van der Waals surface area contributed by atoms with Crippen molar-refractivity contribution in [3.8, 4) is 0 Å². The molecule has 0 amide bonds. The number of nitro benzene ring substituents is 1. The van der Waals surface area contributed by atoms with Gasteiger partial charge in [-0.2, -0.15) is 0 Å². The number of ether oxygens (including phenoxy) is 1. The highest BCUT2D eigenvalue weighted by atomic mass is 16.6. The van der Waals surface area contributed by atoms with E-state index in [1.807, 2.05) is 6.07 Å². The number of benzene rings is 2. The van der Waals surface area contributed by atoms with Gasteiger partial charge in [-0.15, -0.1) is 0 Å². The highest BCUT2D eigenvalue weighted by molar-refractivity contribution is 5.91. The molecule has 2 heterocycles. The molecule has 4 rings (SSSR count). The summed E-state index contributed by atoms with van der Waals surface area (Å²) in [4.78, 5) is 25.3. The molecule has 0 radical (unpaired) electrons. The molecule has 0 aliphatic carbocycles. The van der Waals surface area contributed by atoms with Crippen molar-refractivity contribution in [2.45, 2.75) is 37.9 Å². The lowest BCUT2D eigenvalue weighted by Gasteiger charge is -2.34. The number of non-ortho nitro benzene ring substituents is 1. The van der Waals surface area contributed by atoms with Gasteiger partial charge in [0.1, 0.15) is 0 Å². The standard InChI is InChI=1S/C22H22N2O4/c1-28-22(25)18-9-16(12-21(13-18)24(26)27)17-10-19-7-8-20(11-17)23(19)14-15-5-3-2-4-6-15/h2-6,9-10,12-13,19-20H,7-8,11,14H2,1H3. The molecule has 144 valence electrons. The summed E-state index contributed by atoms with van der Waals surface area (Å²) in [6, 6.07) is 15.7. The first-order chi connectivity index (χ1) is 13.5. The van der Waals surface area contributed by atoms with Crippen molar-refractivity contribution in [1.82, 2.24) is 4.90 Å². The molecule has 2 atom stereocenters. The highest BCUT2D eigenvalue weighted by Gasteiger charge is 2.36. The van der Waals surface area contributed by atoms with E-state index >= 15 is 0 Å². The average molecular weight is 378 g/mol. The van der Waals surface area contributed by atoms with Gasteiger partial charge in [-0.25, -0.2) is 4.79 Å². The third kappa shape index (κ3) is 3.55. The molecule has 0 N–H and O–H groups in total. The normalized spacial score (nSPS) is 21.2. The van der Waals surface area contributed by atoms with Crippen LogP contribution in [0.3, 0.4) is 0 Å². The van der Waals surface area contributed by atoms with E-state index in [1.54, 1.807) is 12.1 Å². The summed E-state index contributed by atoms with van der Waals surface area (Å²) in [5, 5.41) is 11.3. The fourth-order valence-corrected chi connectivity index (χ4v) is 4.31. The van der Waals surface area contributed by atoms with Crippen molar-refractivity contribution >= 4 is 17.2 Å². The second-order valence-corrected chi connectivity index (χ2v) is 7.37. The molecular weight excluding hydrogens is 356 g/mol. The quantitative estimate of drug-likeness (QED) is 0.443. The fraction of sp³-hybridized carbons (Fsp3) is 0.318. The van der Waals surface area contributed by atoms with Gasteiger partial charge in [-0.3, -0.25) is 15.0 Å². The summed E-state index contributed by atoms with van der Waals surface area (Å²) in [7, 11) is 1.28. The van der Waals surface area contributed by atoms with Crippen molar-refractivity contribution in [3.05, 3.63) is 81.4 Å². The van der Waals surface area contributed by atoms with E-state index in [0.29, 0.717) is 12.1 Å². The molecular formula is C22H22N2O4. The lowest BCUT2D eigenvalue weighted by atomic mass is 9.93. The SMILES string of the molecule is COC(=O)c1cc(C2=CC3CCC(C2)N3Cc2ccccc2)cc([N+](=O)[O-])c1. The van der Waals surface area contributed by atoms with Gasteiger partial charge in [-0.05, 0) is 42.0 Å². The van der Waals surface area contributed by atoms with Crippen LogP contribution in [0.25, 0.3) is 5.57 Å². The number of nitrogens with zero attached hydrogens (tertiary/aromatic N) is 2. The number of methoxy groups -OCH3 is 1. The van der Waals surface area contributed by atoms with Gasteiger partial charge in [0.15, 0.2) is 0 Å². The van der Waals surface area contributed by atoms with E-state index in [9.17, 15) is 14.9 Å². The van der Waals surface area contributed by atoms with Crippen LogP contribution in [0.1, 0.15) is 40.7 Å². The Hall–Kier alpha value is -2.99. The molecule has 2 aliphatic rings. The van der Waals surface area contributed by atoms with Crippen molar-refractivity contribution in [2.75, 3.05) is 7.11 Å². The summed E-state index contributed by atoms with van der Waals surface area (Å²) in [6.45, 7) is 0.905. The number of hydrogen-bond acceptors (Lipinski definition) is 5. The summed E-state index contributed by atoms with van der Waals surface area (Å²) < 4.78 is 4.76. The van der Waals surface area contributed by atoms with Crippen molar-refractivity contribution in [1.29, 1.82) is 0 Å². The predicted molar refractivity (Wildman–Crippen MR) is 106 cm³/mol. The first-order valence-electron chi connectivity index (χ1n) is 9.43. The van der Waals surface area contributed by atoms with Crippen molar-refractivity contribution in [2.24, 2.45) is 0 Å². The maximum Gasteiger partial charge on any atom is 0.338 e. The Kier molecular flexibility index (Phi) is 4.96. The zero-order valence-corrected chi connectivity index (χ0v) is 15.7. The third-order valence-electron chi connectivity index (χ3n) is 5.67. The second kappa shape index (κ2) is 7.56. The number of nitro groups is 1. The summed E-state index contributed by atoms with van der Waals surface area (Å²) in [5.41, 5.74) is 3.24. The lowest BCUT2D eigenvalue weighted by Crippen LogP contribution is -2.37. The first-order valence-corrected chi connectivity index (χ1v) is 9.43. The van der Waals surface area contributed by atoms with E-state index in [-0.39, 0.29) is 11.3 Å². The summed E-state index contributed by atoms with van der Waals surface area (Å²) in [5.74, 6) is -0.560. The van der Waals surface area contributed by atoms with Crippen LogP contribution in [0, 0.1) is 10.1 Å². The average Bonchev–Trinajstić information content (AvgIpc) is 2.94. The second-order valence-electron chi connectivity index (χ2n) is 7.37. The van der Waals surface area contributed by atoms with E-state index in [2.05, 4.69) is 35.2 Å². The summed E-state index contributed by atoms with van der Waals surface area (Å²) in [6.07, 6.45) is 5.23. The minimum atomic E-state index is -0.560. The number of esters is 1. The van der Waals surface area contributed by atoms with Crippen LogP contribution >= 0.6 is 0 Å². The minimum Gasteiger partial charge on any atom is -0.465 e. The first kappa shape index (κ1) is 18.4. The number of fused-ring (bicyclic) bond motifs is 2. The monoisotopic (exact) mass is 378 g/mol. The van der Waals surface area contributed by atoms with Crippen LogP contribution in [-0.4, -0.2) is 35.0 Å². The predicted octanol–water partition coefficient (Wildman–Crippen LogP) is 4.20. The van der Waals surface area contributed by atoms with Gasteiger partial charge in [-0.1, -0.05) is 36.4 Å². The highest BCUT2D eigenvalue weighted by Crippen LogP contribution is 2.40. The van der Waals surface area contributed by atoms with E-state index in [1.165, 1.54) is 18.7 Å². The number of carbonyl (C=O) groups excluding carboxylic acids is 1. The van der Waals surface area contributed by atoms with Gasteiger partial charge < -0.3 is 4.74 Å². The molecule has 0 spiro atoms. The number of rotatable bonds is 5. The van der Waals surface area contributed by atoms with Crippen molar-refractivity contribution < 1.29 is 14.5 Å². The topological polar surface area (TPSA) is 72.7 Å². The van der Waals surface area contributed by atoms with Crippen LogP contribution in [0.4, 0.5) is 5.69 Å². The van der Waals surface area contributed by atoms with Gasteiger partial charge in [0.05, 0.1) is 17.6 Å². The van der Waals surface area contributed by atoms with Gasteiger partial charge in [0, 0.05) is 30.8 Å². The third-order valence-corrected chi connectivity index (χ3v) is 5.67.